The van der Waals surface area contributed by atoms with Crippen LogP contribution >= 0.6 is 12.2 Å². The second-order valence-corrected chi connectivity index (χ2v) is 7.03. The Balaban J connectivity index is 1.81. The lowest BCUT2D eigenvalue weighted by atomic mass is 9.94. The molecule has 0 saturated heterocycles. The standard InChI is InChI=1S/C21H24FN3OS/c1-4-14-8-10-16-17(23-13(14)2)6-5-7-18(16)24-21(27)25-19-12-15(22)9-11-20(19)26-3/h5-7,9,11-12,14H,4,8,10H2,1-3H3,(H2,24,25,27). The summed E-state index contributed by atoms with van der Waals surface area (Å²) in [5.74, 6) is 0.676. The highest BCUT2D eigenvalue weighted by molar-refractivity contribution is 7.80. The van der Waals surface area contributed by atoms with Crippen LogP contribution in [0.1, 0.15) is 32.3 Å². The number of hydrogen-bond donors (Lipinski definition) is 2. The van der Waals surface area contributed by atoms with Crippen molar-refractivity contribution < 1.29 is 9.13 Å². The van der Waals surface area contributed by atoms with Gasteiger partial charge in [0.2, 0.25) is 0 Å². The maximum atomic E-state index is 13.6. The molecule has 0 amide bonds. The average Bonchev–Trinajstić information content (AvgIpc) is 2.80. The molecule has 0 saturated carbocycles. The van der Waals surface area contributed by atoms with E-state index in [9.17, 15) is 4.39 Å². The van der Waals surface area contributed by atoms with Gasteiger partial charge in [0.15, 0.2) is 5.11 Å². The molecule has 0 aliphatic carbocycles. The van der Waals surface area contributed by atoms with Crippen LogP contribution in [-0.2, 0) is 6.42 Å². The number of halogens is 1. The zero-order valence-electron chi connectivity index (χ0n) is 15.8. The van der Waals surface area contributed by atoms with Crippen LogP contribution in [0.2, 0.25) is 0 Å². The van der Waals surface area contributed by atoms with Crippen molar-refractivity contribution in [3.8, 4) is 5.75 Å². The number of hydrogen-bond acceptors (Lipinski definition) is 3. The third kappa shape index (κ3) is 4.45. The minimum absolute atomic E-state index is 0.356. The fourth-order valence-corrected chi connectivity index (χ4v) is 3.64. The molecule has 2 aromatic carbocycles. The lowest BCUT2D eigenvalue weighted by molar-refractivity contribution is 0.416. The Morgan fingerprint density at radius 2 is 2.04 bits per heavy atom. The zero-order chi connectivity index (χ0) is 19.4. The summed E-state index contributed by atoms with van der Waals surface area (Å²) in [4.78, 5) is 4.83. The number of thiocarbonyl (C=S) groups is 1. The van der Waals surface area contributed by atoms with E-state index in [1.165, 1.54) is 25.0 Å². The summed E-state index contributed by atoms with van der Waals surface area (Å²) in [7, 11) is 1.54. The number of fused-ring (bicyclic) bond motifs is 1. The van der Waals surface area contributed by atoms with Gasteiger partial charge in [0.05, 0.1) is 18.5 Å². The van der Waals surface area contributed by atoms with Gasteiger partial charge in [-0.3, -0.25) is 4.99 Å². The van der Waals surface area contributed by atoms with Crippen LogP contribution < -0.4 is 15.4 Å². The molecule has 0 radical (unpaired) electrons. The molecular formula is C21H24FN3OS. The first-order chi connectivity index (χ1) is 13.0. The monoisotopic (exact) mass is 385 g/mol. The molecule has 1 aliphatic heterocycles. The summed E-state index contributed by atoms with van der Waals surface area (Å²) in [6.07, 6.45) is 3.09. The Bertz CT molecular complexity index is 882. The molecule has 4 nitrogen and oxygen atoms in total. The van der Waals surface area contributed by atoms with Gasteiger partial charge in [-0.1, -0.05) is 13.0 Å². The van der Waals surface area contributed by atoms with Crippen molar-refractivity contribution >= 4 is 40.1 Å². The number of nitrogens with one attached hydrogen (secondary N) is 2. The number of ether oxygens (including phenoxy) is 1. The van der Waals surface area contributed by atoms with E-state index < -0.39 is 0 Å². The second kappa shape index (κ2) is 8.48. The fraction of sp³-hybridized carbons (Fsp3) is 0.333. The normalized spacial score (nSPS) is 16.0. The van der Waals surface area contributed by atoms with Crippen LogP contribution in [0.5, 0.6) is 5.75 Å². The van der Waals surface area contributed by atoms with Crippen molar-refractivity contribution in [2.75, 3.05) is 17.7 Å². The molecule has 0 spiro atoms. The summed E-state index contributed by atoms with van der Waals surface area (Å²) >= 11 is 5.44. The largest absolute Gasteiger partial charge is 0.495 e. The summed E-state index contributed by atoms with van der Waals surface area (Å²) in [5, 5.41) is 6.64. The average molecular weight is 386 g/mol. The molecule has 1 unspecified atom stereocenters. The van der Waals surface area contributed by atoms with E-state index in [0.717, 1.165) is 36.2 Å². The van der Waals surface area contributed by atoms with Crippen molar-refractivity contribution in [3.05, 3.63) is 47.8 Å². The topological polar surface area (TPSA) is 45.6 Å². The van der Waals surface area contributed by atoms with Gasteiger partial charge in [-0.2, -0.15) is 0 Å². The third-order valence-electron chi connectivity index (χ3n) is 4.93. The molecule has 27 heavy (non-hydrogen) atoms. The highest BCUT2D eigenvalue weighted by atomic mass is 32.1. The third-order valence-corrected chi connectivity index (χ3v) is 5.14. The van der Waals surface area contributed by atoms with Crippen LogP contribution in [-0.4, -0.2) is 17.9 Å². The fourth-order valence-electron chi connectivity index (χ4n) is 3.42. The Morgan fingerprint density at radius 3 is 2.78 bits per heavy atom. The number of anilines is 2. The van der Waals surface area contributed by atoms with Crippen molar-refractivity contribution in [1.82, 2.24) is 0 Å². The van der Waals surface area contributed by atoms with E-state index in [-0.39, 0.29) is 5.82 Å². The van der Waals surface area contributed by atoms with Gasteiger partial charge < -0.3 is 15.4 Å². The summed E-state index contributed by atoms with van der Waals surface area (Å²) < 4.78 is 18.8. The van der Waals surface area contributed by atoms with E-state index in [0.29, 0.717) is 22.5 Å². The van der Waals surface area contributed by atoms with Gasteiger partial charge >= 0.3 is 0 Å². The lowest BCUT2D eigenvalue weighted by Crippen LogP contribution is -2.20. The van der Waals surface area contributed by atoms with Crippen molar-refractivity contribution in [2.45, 2.75) is 33.1 Å². The predicted octanol–water partition coefficient (Wildman–Crippen LogP) is 5.71. The lowest BCUT2D eigenvalue weighted by Gasteiger charge is -2.16. The quantitative estimate of drug-likeness (QED) is 0.662. The number of rotatable bonds is 4. The van der Waals surface area contributed by atoms with E-state index in [1.54, 1.807) is 6.07 Å². The Labute approximate surface area is 164 Å². The predicted molar refractivity (Wildman–Crippen MR) is 114 cm³/mol. The molecule has 6 heteroatoms. The SMILES string of the molecule is CCC1CCc2c(cccc2NC(=S)Nc2cc(F)ccc2OC)N=C1C. The molecular weight excluding hydrogens is 361 g/mol. The Kier molecular flexibility index (Phi) is 6.06. The van der Waals surface area contributed by atoms with E-state index >= 15 is 0 Å². The molecule has 3 rings (SSSR count). The Hall–Kier alpha value is -2.47. The highest BCUT2D eigenvalue weighted by Gasteiger charge is 2.19. The van der Waals surface area contributed by atoms with Gasteiger partial charge in [0.1, 0.15) is 11.6 Å². The number of benzene rings is 2. The minimum atomic E-state index is -0.356. The number of aliphatic imine (C=N–C) groups is 1. The van der Waals surface area contributed by atoms with Crippen molar-refractivity contribution in [1.29, 1.82) is 0 Å². The van der Waals surface area contributed by atoms with Gasteiger partial charge in [0, 0.05) is 23.0 Å². The molecule has 0 fully saturated rings. The first-order valence-electron chi connectivity index (χ1n) is 9.10. The molecule has 1 atom stereocenters. The molecule has 142 valence electrons. The summed E-state index contributed by atoms with van der Waals surface area (Å²) in [6.45, 7) is 4.30. The van der Waals surface area contributed by atoms with E-state index in [4.69, 9.17) is 21.9 Å². The Morgan fingerprint density at radius 1 is 1.26 bits per heavy atom. The van der Waals surface area contributed by atoms with E-state index in [2.05, 4.69) is 24.5 Å². The van der Waals surface area contributed by atoms with Crippen LogP contribution in [0.3, 0.4) is 0 Å². The van der Waals surface area contributed by atoms with E-state index in [1.807, 2.05) is 18.2 Å². The van der Waals surface area contributed by atoms with Crippen LogP contribution in [0.15, 0.2) is 41.4 Å². The molecule has 1 heterocycles. The first kappa shape index (κ1) is 19.3. The minimum Gasteiger partial charge on any atom is -0.495 e. The van der Waals surface area contributed by atoms with Crippen molar-refractivity contribution in [3.63, 3.8) is 0 Å². The van der Waals surface area contributed by atoms with Gasteiger partial charge in [-0.25, -0.2) is 4.39 Å². The molecule has 0 aromatic heterocycles. The van der Waals surface area contributed by atoms with Gasteiger partial charge in [0.25, 0.3) is 0 Å². The molecule has 1 aliphatic rings. The summed E-state index contributed by atoms with van der Waals surface area (Å²) in [6, 6.07) is 10.3. The number of methoxy groups -OCH3 is 1. The van der Waals surface area contributed by atoms with Gasteiger partial charge in [-0.05, 0) is 68.6 Å². The highest BCUT2D eigenvalue weighted by Crippen LogP contribution is 2.34. The van der Waals surface area contributed by atoms with Crippen LogP contribution in [0, 0.1) is 11.7 Å². The molecule has 2 aromatic rings. The maximum absolute atomic E-state index is 13.6. The molecule has 2 N–H and O–H groups in total. The maximum Gasteiger partial charge on any atom is 0.175 e. The second-order valence-electron chi connectivity index (χ2n) is 6.62. The summed E-state index contributed by atoms with van der Waals surface area (Å²) in [5.41, 5.74) is 4.73. The van der Waals surface area contributed by atoms with Crippen LogP contribution in [0.4, 0.5) is 21.5 Å². The zero-order valence-corrected chi connectivity index (χ0v) is 16.6. The van der Waals surface area contributed by atoms with Gasteiger partial charge in [-0.15, -0.1) is 0 Å². The number of nitrogens with zero attached hydrogens (tertiary/aromatic N) is 1. The molecule has 0 bridgehead atoms. The first-order valence-corrected chi connectivity index (χ1v) is 9.51. The van der Waals surface area contributed by atoms with Crippen molar-refractivity contribution in [2.24, 2.45) is 10.9 Å². The van der Waals surface area contributed by atoms with Crippen LogP contribution in [0.25, 0.3) is 0 Å². The smallest absolute Gasteiger partial charge is 0.175 e.